The quantitative estimate of drug-likeness (QED) is 0.655. The molecule has 0 bridgehead atoms. The number of nitriles is 1. The predicted molar refractivity (Wildman–Crippen MR) is 110 cm³/mol. The third-order valence-corrected chi connectivity index (χ3v) is 6.49. The molecule has 0 aliphatic heterocycles. The summed E-state index contributed by atoms with van der Waals surface area (Å²) < 4.78 is 0. The maximum absolute atomic E-state index is 12.8. The molecule has 0 saturated heterocycles. The Bertz CT molecular complexity index is 1220. The van der Waals surface area contributed by atoms with E-state index in [4.69, 9.17) is 0 Å². The number of carbonyl (C=O) groups is 2. The van der Waals surface area contributed by atoms with Gasteiger partial charge in [-0.2, -0.15) is 5.26 Å². The topological polar surface area (TPSA) is 104 Å². The molecule has 0 radical (unpaired) electrons. The van der Waals surface area contributed by atoms with Crippen molar-refractivity contribution >= 4 is 33.1 Å². The summed E-state index contributed by atoms with van der Waals surface area (Å²) in [4.78, 5) is 45.8. The largest absolute Gasteiger partial charge is 0.308 e. The first-order valence-electron chi connectivity index (χ1n) is 9.54. The molecule has 2 aromatic heterocycles. The molecule has 1 aliphatic carbocycles. The van der Waals surface area contributed by atoms with Crippen LogP contribution in [0.1, 0.15) is 57.9 Å². The Morgan fingerprint density at radius 2 is 1.97 bits per heavy atom. The summed E-state index contributed by atoms with van der Waals surface area (Å²) in [5.41, 5.74) is 2.07. The average molecular weight is 405 g/mol. The fourth-order valence-electron chi connectivity index (χ4n) is 3.76. The summed E-state index contributed by atoms with van der Waals surface area (Å²) in [6, 6.07) is 8.72. The molecule has 7 heteroatoms. The molecule has 2 heterocycles. The molecule has 1 atom stereocenters. The maximum atomic E-state index is 12.8. The number of Topliss-reactive ketones (excluding diaryl/α,β-unsaturated/α-hetero) is 2. The molecule has 29 heavy (non-hydrogen) atoms. The smallest absolute Gasteiger partial charge is 0.259 e. The van der Waals surface area contributed by atoms with Gasteiger partial charge < -0.3 is 4.98 Å². The van der Waals surface area contributed by atoms with E-state index in [-0.39, 0.29) is 29.4 Å². The van der Waals surface area contributed by atoms with Crippen LogP contribution in [0.15, 0.2) is 29.1 Å². The van der Waals surface area contributed by atoms with Crippen molar-refractivity contribution in [1.29, 1.82) is 5.26 Å². The van der Waals surface area contributed by atoms with E-state index in [2.05, 4.69) is 9.97 Å². The van der Waals surface area contributed by atoms with Gasteiger partial charge in [-0.3, -0.25) is 14.4 Å². The highest BCUT2D eigenvalue weighted by molar-refractivity contribution is 7.18. The molecule has 146 valence electrons. The number of H-pyrrole nitrogens is 1. The minimum Gasteiger partial charge on any atom is -0.308 e. The van der Waals surface area contributed by atoms with Crippen molar-refractivity contribution in [2.45, 2.75) is 44.9 Å². The van der Waals surface area contributed by atoms with E-state index in [9.17, 15) is 19.6 Å². The van der Waals surface area contributed by atoms with E-state index in [1.807, 2.05) is 6.07 Å². The summed E-state index contributed by atoms with van der Waals surface area (Å²) >= 11 is 1.49. The van der Waals surface area contributed by atoms with E-state index in [0.29, 0.717) is 21.3 Å². The minimum absolute atomic E-state index is 0.0269. The van der Waals surface area contributed by atoms with E-state index < -0.39 is 5.92 Å². The van der Waals surface area contributed by atoms with Crippen molar-refractivity contribution in [2.75, 3.05) is 0 Å². The average Bonchev–Trinajstić information content (AvgIpc) is 3.08. The van der Waals surface area contributed by atoms with E-state index in [0.717, 1.165) is 31.2 Å². The van der Waals surface area contributed by atoms with Crippen LogP contribution < -0.4 is 5.56 Å². The molecule has 1 N–H and O–H groups in total. The zero-order valence-electron chi connectivity index (χ0n) is 15.9. The number of nitrogens with one attached hydrogen (secondary N) is 1. The van der Waals surface area contributed by atoms with Crippen molar-refractivity contribution in [2.24, 2.45) is 0 Å². The molecule has 4 rings (SSSR count). The minimum atomic E-state index is -1.14. The van der Waals surface area contributed by atoms with Gasteiger partial charge in [0.15, 0.2) is 17.5 Å². The zero-order valence-corrected chi connectivity index (χ0v) is 16.8. The summed E-state index contributed by atoms with van der Waals surface area (Å²) in [5.74, 6) is -1.42. The third kappa shape index (κ3) is 3.64. The molecule has 3 aromatic rings. The Hall–Kier alpha value is -3.11. The van der Waals surface area contributed by atoms with Gasteiger partial charge in [0.1, 0.15) is 10.7 Å². The second-order valence-corrected chi connectivity index (χ2v) is 8.38. The Labute approximate surface area is 171 Å². The normalized spacial score (nSPS) is 14.2. The van der Waals surface area contributed by atoms with Crippen molar-refractivity contribution in [3.8, 4) is 6.07 Å². The molecule has 6 nitrogen and oxygen atoms in total. The fourth-order valence-corrected chi connectivity index (χ4v) is 5.03. The van der Waals surface area contributed by atoms with Crippen LogP contribution in [0.3, 0.4) is 0 Å². The van der Waals surface area contributed by atoms with Gasteiger partial charge in [0, 0.05) is 16.9 Å². The van der Waals surface area contributed by atoms with Gasteiger partial charge in [0.25, 0.3) is 5.56 Å². The van der Waals surface area contributed by atoms with Crippen LogP contribution in [-0.2, 0) is 24.1 Å². The molecular formula is C22H19N3O3S. The third-order valence-electron chi connectivity index (χ3n) is 5.31. The molecular weight excluding hydrogens is 386 g/mol. The highest BCUT2D eigenvalue weighted by atomic mass is 32.1. The molecule has 0 spiro atoms. The maximum Gasteiger partial charge on any atom is 0.259 e. The van der Waals surface area contributed by atoms with E-state index >= 15 is 0 Å². The van der Waals surface area contributed by atoms with Crippen LogP contribution in [0.4, 0.5) is 0 Å². The highest BCUT2D eigenvalue weighted by Gasteiger charge is 2.26. The summed E-state index contributed by atoms with van der Waals surface area (Å²) in [6.45, 7) is 1.48. The van der Waals surface area contributed by atoms with Crippen LogP contribution in [0.2, 0.25) is 0 Å². The second kappa shape index (κ2) is 7.72. The van der Waals surface area contributed by atoms with Crippen molar-refractivity contribution in [3.05, 3.63) is 62.0 Å². The van der Waals surface area contributed by atoms with Gasteiger partial charge in [0.05, 0.1) is 11.5 Å². The first kappa shape index (κ1) is 19.2. The lowest BCUT2D eigenvalue weighted by molar-refractivity contribution is -0.118. The number of thiophene rings is 1. The van der Waals surface area contributed by atoms with Gasteiger partial charge in [-0.05, 0) is 43.7 Å². The number of hydrogen-bond donors (Lipinski definition) is 1. The van der Waals surface area contributed by atoms with Gasteiger partial charge in [-0.25, -0.2) is 4.98 Å². The molecule has 0 saturated carbocycles. The number of aromatic amines is 1. The lowest BCUT2D eigenvalue weighted by Crippen LogP contribution is -2.21. The van der Waals surface area contributed by atoms with Crippen molar-refractivity contribution < 1.29 is 9.59 Å². The number of benzene rings is 1. The van der Waals surface area contributed by atoms with Crippen LogP contribution in [0.25, 0.3) is 10.2 Å². The number of rotatable bonds is 5. The van der Waals surface area contributed by atoms with Crippen molar-refractivity contribution in [3.63, 3.8) is 0 Å². The van der Waals surface area contributed by atoms with Crippen LogP contribution in [0.5, 0.6) is 0 Å². The SMILES string of the molecule is CC(=O)c1ccc(CC(=O)C(C#N)c2nc3sc4c(c3c(=O)[nH]2)CCCC4)cc1. The number of aryl methyl sites for hydroxylation is 2. The Balaban J connectivity index is 1.64. The molecule has 0 amide bonds. The lowest BCUT2D eigenvalue weighted by Gasteiger charge is -2.10. The highest BCUT2D eigenvalue weighted by Crippen LogP contribution is 2.34. The summed E-state index contributed by atoms with van der Waals surface area (Å²) in [5, 5.41) is 10.2. The number of carbonyl (C=O) groups excluding carboxylic acids is 2. The monoisotopic (exact) mass is 405 g/mol. The summed E-state index contributed by atoms with van der Waals surface area (Å²) in [6.07, 6.45) is 4.01. The molecule has 0 fully saturated rings. The standard InChI is InChI=1S/C22H19N3O3S/c1-12(26)14-8-6-13(7-9-14)10-17(27)16(11-23)20-24-21(28)19-15-4-2-3-5-18(15)29-22(19)25-20/h6-9,16H,2-5,10H2,1H3,(H,24,25,28). The van der Waals surface area contributed by atoms with Crippen LogP contribution in [0, 0.1) is 11.3 Å². The predicted octanol–water partition coefficient (Wildman–Crippen LogP) is 3.48. The number of fused-ring (bicyclic) bond motifs is 3. The zero-order chi connectivity index (χ0) is 20.5. The molecule has 1 aromatic carbocycles. The Morgan fingerprint density at radius 1 is 1.24 bits per heavy atom. The number of ketones is 2. The first-order chi connectivity index (χ1) is 14.0. The number of nitrogens with zero attached hydrogens (tertiary/aromatic N) is 2. The van der Waals surface area contributed by atoms with E-state index in [1.54, 1.807) is 24.3 Å². The Morgan fingerprint density at radius 3 is 2.66 bits per heavy atom. The fraction of sp³-hybridized carbons (Fsp3) is 0.318. The number of hydrogen-bond acceptors (Lipinski definition) is 6. The number of aromatic nitrogens is 2. The first-order valence-corrected chi connectivity index (χ1v) is 10.4. The molecule has 1 unspecified atom stereocenters. The summed E-state index contributed by atoms with van der Waals surface area (Å²) in [7, 11) is 0. The lowest BCUT2D eigenvalue weighted by atomic mass is 9.96. The molecule has 1 aliphatic rings. The van der Waals surface area contributed by atoms with Gasteiger partial charge in [-0.1, -0.05) is 24.3 Å². The van der Waals surface area contributed by atoms with Crippen molar-refractivity contribution in [1.82, 2.24) is 9.97 Å². The van der Waals surface area contributed by atoms with Gasteiger partial charge in [0.2, 0.25) is 0 Å². The second-order valence-electron chi connectivity index (χ2n) is 7.30. The van der Waals surface area contributed by atoms with Crippen LogP contribution >= 0.6 is 11.3 Å². The van der Waals surface area contributed by atoms with E-state index in [1.165, 1.54) is 23.1 Å². The van der Waals surface area contributed by atoms with Crippen LogP contribution in [-0.4, -0.2) is 21.5 Å². The Kier molecular flexibility index (Phi) is 5.12. The van der Waals surface area contributed by atoms with Gasteiger partial charge in [-0.15, -0.1) is 11.3 Å². The van der Waals surface area contributed by atoms with Gasteiger partial charge >= 0.3 is 0 Å².